The van der Waals surface area contributed by atoms with Gasteiger partial charge in [-0.2, -0.15) is 4.31 Å². The summed E-state index contributed by atoms with van der Waals surface area (Å²) in [5.74, 6) is -0.129. The Morgan fingerprint density at radius 3 is 2.44 bits per heavy atom. The molecule has 1 saturated heterocycles. The molecule has 1 aliphatic rings. The fourth-order valence-electron chi connectivity index (χ4n) is 3.16. The van der Waals surface area contributed by atoms with Crippen molar-refractivity contribution in [1.82, 2.24) is 9.21 Å². The minimum atomic E-state index is -3.48. The zero-order valence-corrected chi connectivity index (χ0v) is 16.5. The van der Waals surface area contributed by atoms with Crippen LogP contribution in [-0.2, 0) is 10.0 Å². The van der Waals surface area contributed by atoms with E-state index in [2.05, 4.69) is 4.90 Å². The van der Waals surface area contributed by atoms with Crippen LogP contribution in [-0.4, -0.2) is 57.0 Å². The highest BCUT2D eigenvalue weighted by Crippen LogP contribution is 2.22. The van der Waals surface area contributed by atoms with E-state index in [0.717, 1.165) is 11.1 Å². The normalized spacial score (nSPS) is 16.4. The Kier molecular flexibility index (Phi) is 6.14. The summed E-state index contributed by atoms with van der Waals surface area (Å²) in [6.45, 7) is 6.85. The maximum absolute atomic E-state index is 13.5. The molecule has 0 saturated carbocycles. The highest BCUT2D eigenvalue weighted by molar-refractivity contribution is 7.89. The second-order valence-electron chi connectivity index (χ2n) is 6.79. The molecule has 1 heterocycles. The molecule has 0 bridgehead atoms. The molecule has 1 fully saturated rings. The number of hydrogen-bond donors (Lipinski definition) is 0. The fourth-order valence-corrected chi connectivity index (χ4v) is 4.90. The minimum absolute atomic E-state index is 0.244. The van der Waals surface area contributed by atoms with E-state index in [1.807, 2.05) is 26.0 Å². The van der Waals surface area contributed by atoms with E-state index >= 15 is 0 Å². The molecule has 0 N–H and O–H groups in total. The third-order valence-corrected chi connectivity index (χ3v) is 6.84. The van der Waals surface area contributed by atoms with E-state index in [4.69, 9.17) is 4.74 Å². The van der Waals surface area contributed by atoms with Crippen molar-refractivity contribution in [2.24, 2.45) is 0 Å². The molecule has 0 atom stereocenters. The molecule has 2 aromatic carbocycles. The summed E-state index contributed by atoms with van der Waals surface area (Å²) in [6.07, 6.45) is 0. The Bertz CT molecular complexity index is 894. The lowest BCUT2D eigenvalue weighted by molar-refractivity contribution is 0.157. The van der Waals surface area contributed by atoms with Crippen LogP contribution in [0.25, 0.3) is 0 Å². The van der Waals surface area contributed by atoms with Gasteiger partial charge in [-0.3, -0.25) is 4.90 Å². The van der Waals surface area contributed by atoms with Gasteiger partial charge >= 0.3 is 0 Å². The number of rotatable bonds is 6. The SMILES string of the molecule is Cc1ccc(C)c(S(=O)(=O)N2CCN(CCOc3ccccc3F)CC2)c1. The van der Waals surface area contributed by atoms with Crippen LogP contribution in [0.4, 0.5) is 4.39 Å². The molecular weight excluding hydrogens is 367 g/mol. The number of hydrogen-bond acceptors (Lipinski definition) is 4. The van der Waals surface area contributed by atoms with Crippen molar-refractivity contribution in [3.8, 4) is 5.75 Å². The van der Waals surface area contributed by atoms with Crippen molar-refractivity contribution in [2.75, 3.05) is 39.3 Å². The first kappa shape index (κ1) is 19.8. The lowest BCUT2D eigenvalue weighted by Gasteiger charge is -2.34. The highest BCUT2D eigenvalue weighted by Gasteiger charge is 2.29. The molecule has 0 radical (unpaired) electrons. The first-order valence-corrected chi connectivity index (χ1v) is 10.5. The number of halogens is 1. The van der Waals surface area contributed by atoms with E-state index in [1.165, 1.54) is 6.07 Å². The van der Waals surface area contributed by atoms with Crippen molar-refractivity contribution in [3.63, 3.8) is 0 Å². The van der Waals surface area contributed by atoms with E-state index in [9.17, 15) is 12.8 Å². The Morgan fingerprint density at radius 1 is 1.04 bits per heavy atom. The fraction of sp³-hybridized carbons (Fsp3) is 0.400. The summed E-state index contributed by atoms with van der Waals surface area (Å²) in [6, 6.07) is 11.8. The van der Waals surface area contributed by atoms with Gasteiger partial charge in [0.25, 0.3) is 0 Å². The lowest BCUT2D eigenvalue weighted by Crippen LogP contribution is -2.49. The van der Waals surface area contributed by atoms with Crippen molar-refractivity contribution >= 4 is 10.0 Å². The predicted molar refractivity (Wildman–Crippen MR) is 103 cm³/mol. The zero-order valence-electron chi connectivity index (χ0n) is 15.7. The van der Waals surface area contributed by atoms with E-state index in [0.29, 0.717) is 44.2 Å². The first-order chi connectivity index (χ1) is 12.9. The largest absolute Gasteiger partial charge is 0.489 e. The Hall–Kier alpha value is -1.96. The summed E-state index contributed by atoms with van der Waals surface area (Å²) in [4.78, 5) is 2.52. The van der Waals surface area contributed by atoms with Crippen LogP contribution < -0.4 is 4.74 Å². The third-order valence-electron chi connectivity index (χ3n) is 4.79. The number of piperazine rings is 1. The molecule has 0 amide bonds. The molecule has 1 aliphatic heterocycles. The summed E-state index contributed by atoms with van der Waals surface area (Å²) in [5, 5.41) is 0. The van der Waals surface area contributed by atoms with Crippen LogP contribution >= 0.6 is 0 Å². The standard InChI is InChI=1S/C20H25FN2O3S/c1-16-7-8-17(2)20(15-16)27(24,25)23-11-9-22(10-12-23)13-14-26-19-6-4-3-5-18(19)21/h3-8,15H,9-14H2,1-2H3. The van der Waals surface area contributed by atoms with Gasteiger partial charge in [0.1, 0.15) is 6.61 Å². The molecule has 0 unspecified atom stereocenters. The maximum Gasteiger partial charge on any atom is 0.243 e. The van der Waals surface area contributed by atoms with Gasteiger partial charge < -0.3 is 4.74 Å². The number of nitrogens with zero attached hydrogens (tertiary/aromatic N) is 2. The Morgan fingerprint density at radius 2 is 1.74 bits per heavy atom. The quantitative estimate of drug-likeness (QED) is 0.759. The second kappa shape index (κ2) is 8.37. The summed E-state index contributed by atoms with van der Waals surface area (Å²) in [5.41, 5.74) is 1.70. The number of para-hydroxylation sites is 1. The van der Waals surface area contributed by atoms with E-state index in [1.54, 1.807) is 28.6 Å². The average Bonchev–Trinajstić information content (AvgIpc) is 2.65. The molecule has 2 aromatic rings. The summed E-state index contributed by atoms with van der Waals surface area (Å²) in [7, 11) is -3.48. The van der Waals surface area contributed by atoms with Crippen LogP contribution in [0.2, 0.25) is 0 Å². The maximum atomic E-state index is 13.5. The molecule has 146 valence electrons. The van der Waals surface area contributed by atoms with Crippen LogP contribution in [0.1, 0.15) is 11.1 Å². The van der Waals surface area contributed by atoms with Gasteiger partial charge in [0.2, 0.25) is 10.0 Å². The zero-order chi connectivity index (χ0) is 19.4. The van der Waals surface area contributed by atoms with Gasteiger partial charge in [-0.15, -0.1) is 0 Å². The molecular formula is C20H25FN2O3S. The third kappa shape index (κ3) is 4.66. The Balaban J connectivity index is 1.54. The highest BCUT2D eigenvalue weighted by atomic mass is 32.2. The predicted octanol–water partition coefficient (Wildman–Crippen LogP) is 2.83. The van der Waals surface area contributed by atoms with Crippen LogP contribution in [0, 0.1) is 19.7 Å². The van der Waals surface area contributed by atoms with Gasteiger partial charge in [0.15, 0.2) is 11.6 Å². The van der Waals surface area contributed by atoms with Crippen molar-refractivity contribution < 1.29 is 17.5 Å². The van der Waals surface area contributed by atoms with Gasteiger partial charge in [-0.1, -0.05) is 24.3 Å². The molecule has 5 nitrogen and oxygen atoms in total. The lowest BCUT2D eigenvalue weighted by atomic mass is 10.2. The molecule has 3 rings (SSSR count). The van der Waals surface area contributed by atoms with Gasteiger partial charge in [-0.05, 0) is 43.2 Å². The first-order valence-electron chi connectivity index (χ1n) is 9.05. The van der Waals surface area contributed by atoms with E-state index < -0.39 is 10.0 Å². The van der Waals surface area contributed by atoms with Crippen LogP contribution in [0.3, 0.4) is 0 Å². The summed E-state index contributed by atoms with van der Waals surface area (Å²) >= 11 is 0. The molecule has 0 spiro atoms. The number of benzene rings is 2. The summed E-state index contributed by atoms with van der Waals surface area (Å²) < 4.78 is 46.5. The van der Waals surface area contributed by atoms with Crippen molar-refractivity contribution in [2.45, 2.75) is 18.7 Å². The van der Waals surface area contributed by atoms with Crippen LogP contribution in [0.15, 0.2) is 47.4 Å². The topological polar surface area (TPSA) is 49.9 Å². The van der Waals surface area contributed by atoms with Gasteiger partial charge in [-0.25, -0.2) is 12.8 Å². The van der Waals surface area contributed by atoms with Crippen molar-refractivity contribution in [1.29, 1.82) is 0 Å². The monoisotopic (exact) mass is 392 g/mol. The van der Waals surface area contributed by atoms with Gasteiger partial charge in [0, 0.05) is 32.7 Å². The van der Waals surface area contributed by atoms with Crippen LogP contribution in [0.5, 0.6) is 5.75 Å². The number of ether oxygens (including phenoxy) is 1. The van der Waals surface area contributed by atoms with E-state index in [-0.39, 0.29) is 11.6 Å². The Labute approximate surface area is 160 Å². The minimum Gasteiger partial charge on any atom is -0.489 e. The number of sulfonamides is 1. The average molecular weight is 392 g/mol. The number of aryl methyl sites for hydroxylation is 2. The smallest absolute Gasteiger partial charge is 0.243 e. The molecule has 7 heteroatoms. The van der Waals surface area contributed by atoms with Crippen molar-refractivity contribution in [3.05, 3.63) is 59.4 Å². The molecule has 27 heavy (non-hydrogen) atoms. The molecule has 0 aliphatic carbocycles. The second-order valence-corrected chi connectivity index (χ2v) is 8.70. The van der Waals surface area contributed by atoms with Gasteiger partial charge in [0.05, 0.1) is 4.90 Å². The molecule has 0 aromatic heterocycles.